The number of hydrogen-bond acceptors (Lipinski definition) is 3. The van der Waals surface area contributed by atoms with Crippen LogP contribution in [0.3, 0.4) is 0 Å². The van der Waals surface area contributed by atoms with Gasteiger partial charge in [0.05, 0.1) is 5.56 Å². The molecule has 0 heterocycles. The highest BCUT2D eigenvalue weighted by atomic mass is 16.5. The third-order valence-electron chi connectivity index (χ3n) is 3.70. The van der Waals surface area contributed by atoms with Crippen molar-refractivity contribution in [2.45, 2.75) is 6.61 Å². The lowest BCUT2D eigenvalue weighted by Crippen LogP contribution is -1.95. The van der Waals surface area contributed by atoms with Crippen molar-refractivity contribution in [1.29, 1.82) is 0 Å². The highest BCUT2D eigenvalue weighted by Crippen LogP contribution is 2.19. The Morgan fingerprint density at radius 2 is 1.68 bits per heavy atom. The van der Waals surface area contributed by atoms with Crippen LogP contribution in [0.5, 0.6) is 11.5 Å². The summed E-state index contributed by atoms with van der Waals surface area (Å²) in [6.07, 6.45) is 3.16. The van der Waals surface area contributed by atoms with Crippen LogP contribution in [-0.4, -0.2) is 10.9 Å². The third-order valence-corrected chi connectivity index (χ3v) is 3.70. The number of rotatable bonds is 6. The molecule has 0 aromatic heterocycles. The van der Waals surface area contributed by atoms with E-state index in [9.17, 15) is 9.90 Å². The highest BCUT2D eigenvalue weighted by Gasteiger charge is 2.06. The van der Waals surface area contributed by atoms with E-state index in [2.05, 4.69) is 0 Å². The lowest BCUT2D eigenvalue weighted by atomic mass is 10.1. The van der Waals surface area contributed by atoms with Gasteiger partial charge in [-0.25, -0.2) is 0 Å². The fourth-order valence-electron chi connectivity index (χ4n) is 2.39. The summed E-state index contributed by atoms with van der Waals surface area (Å²) in [5.41, 5.74) is 2.24. The topological polar surface area (TPSA) is 46.5 Å². The van der Waals surface area contributed by atoms with Gasteiger partial charge in [-0.2, -0.15) is 0 Å². The molecule has 0 amide bonds. The second-order valence-electron chi connectivity index (χ2n) is 5.56. The molecule has 0 aliphatic carbocycles. The van der Waals surface area contributed by atoms with Gasteiger partial charge in [0.2, 0.25) is 0 Å². The zero-order valence-corrected chi connectivity index (χ0v) is 13.6. The summed E-state index contributed by atoms with van der Waals surface area (Å²) in [6.45, 7) is 0.491. The first kappa shape index (κ1) is 16.5. The van der Waals surface area contributed by atoms with E-state index in [1.165, 1.54) is 12.1 Å². The van der Waals surface area contributed by atoms with Crippen LogP contribution in [0.4, 0.5) is 0 Å². The molecule has 0 fully saturated rings. The highest BCUT2D eigenvalue weighted by molar-refractivity contribution is 6.08. The van der Waals surface area contributed by atoms with Gasteiger partial charge in [-0.1, -0.05) is 60.7 Å². The minimum atomic E-state index is -0.242. The van der Waals surface area contributed by atoms with Crippen LogP contribution in [0.15, 0.2) is 84.9 Å². The maximum atomic E-state index is 12.2. The summed E-state index contributed by atoms with van der Waals surface area (Å²) in [7, 11) is 0. The normalized spacial score (nSPS) is 10.7. The van der Waals surface area contributed by atoms with Gasteiger partial charge in [0, 0.05) is 0 Å². The maximum Gasteiger partial charge on any atom is 0.189 e. The average molecular weight is 330 g/mol. The van der Waals surface area contributed by atoms with Gasteiger partial charge in [-0.05, 0) is 41.5 Å². The molecule has 3 heteroatoms. The number of para-hydroxylation sites is 1. The molecule has 0 unspecified atom stereocenters. The first-order valence-corrected chi connectivity index (χ1v) is 7.99. The molecule has 0 aliphatic rings. The molecular formula is C22H18O3. The number of allylic oxidation sites excluding steroid dienone is 1. The SMILES string of the molecule is O=C(C=Cc1cccc(OCc2ccccc2)c1)c1ccccc1O. The van der Waals surface area contributed by atoms with E-state index in [-0.39, 0.29) is 17.1 Å². The van der Waals surface area contributed by atoms with Crippen LogP contribution < -0.4 is 4.74 Å². The van der Waals surface area contributed by atoms with Gasteiger partial charge < -0.3 is 9.84 Å². The number of hydrogen-bond donors (Lipinski definition) is 1. The molecule has 1 N–H and O–H groups in total. The Morgan fingerprint density at radius 3 is 2.48 bits per heavy atom. The predicted octanol–water partition coefficient (Wildman–Crippen LogP) is 4.87. The predicted molar refractivity (Wildman–Crippen MR) is 98.7 cm³/mol. The van der Waals surface area contributed by atoms with Gasteiger partial charge in [0.15, 0.2) is 5.78 Å². The summed E-state index contributed by atoms with van der Waals surface area (Å²) in [6, 6.07) is 24.0. The standard InChI is InChI=1S/C22H18O3/c23-21-12-5-4-11-20(21)22(24)14-13-17-9-6-10-19(15-17)25-16-18-7-2-1-3-8-18/h1-15,23H,16H2. The van der Waals surface area contributed by atoms with Crippen molar-refractivity contribution in [3.05, 3.63) is 102 Å². The minimum Gasteiger partial charge on any atom is -0.507 e. The molecule has 0 aliphatic heterocycles. The second kappa shape index (κ2) is 7.97. The summed E-state index contributed by atoms with van der Waals surface area (Å²) >= 11 is 0. The molecule has 0 spiro atoms. The van der Waals surface area contributed by atoms with E-state index in [0.717, 1.165) is 16.9 Å². The van der Waals surface area contributed by atoms with Gasteiger partial charge >= 0.3 is 0 Å². The first-order chi connectivity index (χ1) is 12.2. The van der Waals surface area contributed by atoms with Crippen LogP contribution in [0.1, 0.15) is 21.5 Å². The number of phenolic OH excluding ortho intramolecular Hbond substituents is 1. The van der Waals surface area contributed by atoms with Crippen molar-refractivity contribution >= 4 is 11.9 Å². The number of carbonyl (C=O) groups excluding carboxylic acids is 1. The molecule has 0 atom stereocenters. The van der Waals surface area contributed by atoms with Crippen LogP contribution >= 0.6 is 0 Å². The Kier molecular flexibility index (Phi) is 5.27. The Hall–Kier alpha value is -3.33. The molecule has 3 aromatic rings. The summed E-state index contributed by atoms with van der Waals surface area (Å²) in [5, 5.41) is 9.73. The molecule has 3 nitrogen and oxygen atoms in total. The number of ether oxygens (including phenoxy) is 1. The van der Waals surface area contributed by atoms with E-state index < -0.39 is 0 Å². The number of benzene rings is 3. The Balaban J connectivity index is 1.67. The quantitative estimate of drug-likeness (QED) is 0.518. The molecule has 0 saturated carbocycles. The fourth-order valence-corrected chi connectivity index (χ4v) is 2.39. The number of ketones is 1. The Morgan fingerprint density at radius 1 is 0.920 bits per heavy atom. The molecule has 124 valence electrons. The van der Waals surface area contributed by atoms with Gasteiger partial charge in [0.25, 0.3) is 0 Å². The summed E-state index contributed by atoms with van der Waals surface area (Å²) in [4.78, 5) is 12.2. The van der Waals surface area contributed by atoms with E-state index in [4.69, 9.17) is 4.74 Å². The smallest absolute Gasteiger partial charge is 0.189 e. The van der Waals surface area contributed by atoms with E-state index in [1.54, 1.807) is 24.3 Å². The fraction of sp³-hybridized carbons (Fsp3) is 0.0455. The molecular weight excluding hydrogens is 312 g/mol. The van der Waals surface area contributed by atoms with Crippen molar-refractivity contribution in [2.24, 2.45) is 0 Å². The largest absolute Gasteiger partial charge is 0.507 e. The zero-order chi connectivity index (χ0) is 17.5. The van der Waals surface area contributed by atoms with E-state index in [0.29, 0.717) is 6.61 Å². The van der Waals surface area contributed by atoms with Crippen LogP contribution in [0, 0.1) is 0 Å². The van der Waals surface area contributed by atoms with Crippen molar-refractivity contribution < 1.29 is 14.6 Å². The van der Waals surface area contributed by atoms with Crippen molar-refractivity contribution in [3.63, 3.8) is 0 Å². The third kappa shape index (κ3) is 4.58. The van der Waals surface area contributed by atoms with Gasteiger partial charge in [-0.15, -0.1) is 0 Å². The lowest BCUT2D eigenvalue weighted by Gasteiger charge is -2.07. The Labute approximate surface area is 146 Å². The van der Waals surface area contributed by atoms with Crippen molar-refractivity contribution in [2.75, 3.05) is 0 Å². The molecule has 0 saturated heterocycles. The number of carbonyl (C=O) groups is 1. The van der Waals surface area contributed by atoms with Gasteiger partial charge in [0.1, 0.15) is 18.1 Å². The van der Waals surface area contributed by atoms with Crippen LogP contribution in [0.25, 0.3) is 6.08 Å². The number of aromatic hydroxyl groups is 1. The molecule has 3 aromatic carbocycles. The van der Waals surface area contributed by atoms with Crippen LogP contribution in [0.2, 0.25) is 0 Å². The lowest BCUT2D eigenvalue weighted by molar-refractivity contribution is 0.104. The molecule has 0 radical (unpaired) electrons. The summed E-state index contributed by atoms with van der Waals surface area (Å²) < 4.78 is 5.78. The molecule has 3 rings (SSSR count). The number of phenols is 1. The zero-order valence-electron chi connectivity index (χ0n) is 13.6. The minimum absolute atomic E-state index is 0.0166. The second-order valence-corrected chi connectivity index (χ2v) is 5.56. The Bertz CT molecular complexity index is 883. The van der Waals surface area contributed by atoms with Crippen LogP contribution in [-0.2, 0) is 6.61 Å². The molecule has 0 bridgehead atoms. The van der Waals surface area contributed by atoms with Crippen molar-refractivity contribution in [3.8, 4) is 11.5 Å². The average Bonchev–Trinajstić information content (AvgIpc) is 2.66. The van der Waals surface area contributed by atoms with Gasteiger partial charge in [-0.3, -0.25) is 4.79 Å². The molecule has 25 heavy (non-hydrogen) atoms. The first-order valence-electron chi connectivity index (χ1n) is 7.99. The van der Waals surface area contributed by atoms with E-state index in [1.807, 2.05) is 54.6 Å². The maximum absolute atomic E-state index is 12.2. The van der Waals surface area contributed by atoms with E-state index >= 15 is 0 Å². The summed E-state index contributed by atoms with van der Waals surface area (Å²) in [5.74, 6) is 0.479. The van der Waals surface area contributed by atoms with Crippen molar-refractivity contribution in [1.82, 2.24) is 0 Å². The monoisotopic (exact) mass is 330 g/mol.